The van der Waals surface area contributed by atoms with E-state index < -0.39 is 12.0 Å². The van der Waals surface area contributed by atoms with Gasteiger partial charge in [0.25, 0.3) is 0 Å². The molecule has 1 fully saturated rings. The fraction of sp³-hybridized carbons (Fsp3) is 0.385. The molecule has 1 saturated heterocycles. The molecule has 0 spiro atoms. The van der Waals surface area contributed by atoms with Gasteiger partial charge in [-0.05, 0) is 12.0 Å². The first-order valence-corrected chi connectivity index (χ1v) is 6.31. The van der Waals surface area contributed by atoms with Gasteiger partial charge in [-0.15, -0.1) is 0 Å². The maximum atomic E-state index is 12.4. The maximum absolute atomic E-state index is 12.4. The fourth-order valence-corrected chi connectivity index (χ4v) is 2.44. The molecule has 1 aromatic rings. The van der Waals surface area contributed by atoms with Crippen molar-refractivity contribution in [1.29, 1.82) is 0 Å². The smallest absolute Gasteiger partial charge is 0.237 e. The van der Waals surface area contributed by atoms with Crippen LogP contribution in [0.15, 0.2) is 30.3 Å². The molecular formula is C13H16N2O2S. The van der Waals surface area contributed by atoms with Crippen LogP contribution in [0.2, 0.25) is 0 Å². The summed E-state index contributed by atoms with van der Waals surface area (Å²) in [4.78, 5) is 14.2. The molecule has 3 N–H and O–H groups in total. The number of carbonyl (C=O) groups is 1. The van der Waals surface area contributed by atoms with Gasteiger partial charge in [0.1, 0.15) is 5.92 Å². The van der Waals surface area contributed by atoms with Crippen LogP contribution in [0.5, 0.6) is 0 Å². The summed E-state index contributed by atoms with van der Waals surface area (Å²) >= 11 is 5.01. The second-order valence-electron chi connectivity index (χ2n) is 4.47. The second kappa shape index (κ2) is 5.46. The molecule has 18 heavy (non-hydrogen) atoms. The number of rotatable bonds is 3. The summed E-state index contributed by atoms with van der Waals surface area (Å²) in [6.45, 7) is 0.927. The fourth-order valence-electron chi connectivity index (χ4n) is 2.20. The van der Waals surface area contributed by atoms with Crippen LogP contribution in [0.1, 0.15) is 17.9 Å². The molecule has 1 aliphatic rings. The van der Waals surface area contributed by atoms with Gasteiger partial charge in [0, 0.05) is 13.1 Å². The predicted molar refractivity (Wildman–Crippen MR) is 73.2 cm³/mol. The minimum atomic E-state index is -0.591. The van der Waals surface area contributed by atoms with Crippen molar-refractivity contribution in [3.8, 4) is 0 Å². The summed E-state index contributed by atoms with van der Waals surface area (Å²) in [6, 6.07) is 9.27. The number of nitrogens with two attached hydrogens (primary N) is 1. The number of hydrogen-bond acceptors (Lipinski definition) is 3. The van der Waals surface area contributed by atoms with Crippen molar-refractivity contribution in [3.63, 3.8) is 0 Å². The zero-order chi connectivity index (χ0) is 13.1. The van der Waals surface area contributed by atoms with Crippen molar-refractivity contribution in [2.24, 2.45) is 5.73 Å². The van der Waals surface area contributed by atoms with Crippen molar-refractivity contribution in [3.05, 3.63) is 35.9 Å². The van der Waals surface area contributed by atoms with E-state index in [1.165, 1.54) is 0 Å². The van der Waals surface area contributed by atoms with Crippen LogP contribution in [0.3, 0.4) is 0 Å². The molecule has 2 unspecified atom stereocenters. The van der Waals surface area contributed by atoms with Crippen molar-refractivity contribution >= 4 is 23.1 Å². The minimum Gasteiger partial charge on any atom is -0.392 e. The zero-order valence-corrected chi connectivity index (χ0v) is 10.8. The molecule has 96 valence electrons. The van der Waals surface area contributed by atoms with E-state index in [2.05, 4.69) is 0 Å². The molecule has 1 amide bonds. The average Bonchev–Trinajstić information content (AvgIpc) is 2.77. The maximum Gasteiger partial charge on any atom is 0.237 e. The molecule has 1 aromatic carbocycles. The van der Waals surface area contributed by atoms with Gasteiger partial charge in [-0.1, -0.05) is 42.5 Å². The Bertz CT molecular complexity index is 450. The van der Waals surface area contributed by atoms with E-state index in [-0.39, 0.29) is 10.9 Å². The first kappa shape index (κ1) is 13.0. The summed E-state index contributed by atoms with van der Waals surface area (Å²) in [6.07, 6.45) is 0.182. The highest BCUT2D eigenvalue weighted by Crippen LogP contribution is 2.21. The van der Waals surface area contributed by atoms with E-state index in [1.807, 2.05) is 30.3 Å². The number of β-amino-alcohol motifs (C(OH)–C–C–N with tert-alkyl or cyclic N) is 1. The second-order valence-corrected chi connectivity index (χ2v) is 4.94. The third-order valence-electron chi connectivity index (χ3n) is 3.14. The van der Waals surface area contributed by atoms with Crippen LogP contribution in [0, 0.1) is 0 Å². The summed E-state index contributed by atoms with van der Waals surface area (Å²) in [5.41, 5.74) is 6.50. The molecule has 2 atom stereocenters. The molecule has 0 bridgehead atoms. The summed E-state index contributed by atoms with van der Waals surface area (Å²) < 4.78 is 0. The third-order valence-corrected chi connectivity index (χ3v) is 3.38. The summed E-state index contributed by atoms with van der Waals surface area (Å²) in [5.74, 6) is -0.711. The molecule has 5 heteroatoms. The van der Waals surface area contributed by atoms with Gasteiger partial charge < -0.3 is 15.7 Å². The van der Waals surface area contributed by atoms with Crippen molar-refractivity contribution in [2.45, 2.75) is 18.4 Å². The Hall–Kier alpha value is -1.46. The Morgan fingerprint density at radius 1 is 1.44 bits per heavy atom. The molecule has 0 radical (unpaired) electrons. The Balaban J connectivity index is 2.21. The van der Waals surface area contributed by atoms with Gasteiger partial charge in [-0.2, -0.15) is 0 Å². The Morgan fingerprint density at radius 3 is 2.61 bits per heavy atom. The van der Waals surface area contributed by atoms with Crippen LogP contribution in [-0.2, 0) is 4.79 Å². The number of likely N-dealkylation sites (tertiary alicyclic amines) is 1. The van der Waals surface area contributed by atoms with Gasteiger partial charge in [-0.25, -0.2) is 0 Å². The van der Waals surface area contributed by atoms with Crippen LogP contribution in [-0.4, -0.2) is 40.1 Å². The number of aliphatic hydroxyl groups is 1. The molecule has 1 heterocycles. The molecule has 0 aromatic heterocycles. The largest absolute Gasteiger partial charge is 0.392 e. The number of benzene rings is 1. The number of hydrogen-bond donors (Lipinski definition) is 2. The first-order chi connectivity index (χ1) is 8.59. The number of carbonyl (C=O) groups excluding carboxylic acids is 1. The molecule has 0 saturated carbocycles. The van der Waals surface area contributed by atoms with E-state index in [0.29, 0.717) is 19.5 Å². The zero-order valence-electron chi connectivity index (χ0n) is 9.95. The third kappa shape index (κ3) is 2.68. The van der Waals surface area contributed by atoms with Gasteiger partial charge in [0.2, 0.25) is 5.91 Å². The van der Waals surface area contributed by atoms with Gasteiger partial charge in [-0.3, -0.25) is 4.79 Å². The number of amides is 1. The number of aliphatic hydroxyl groups excluding tert-OH is 1. The lowest BCUT2D eigenvalue weighted by Gasteiger charge is -2.22. The SMILES string of the molecule is NC(=S)C(C(=O)N1CCC(O)C1)c1ccccc1. The van der Waals surface area contributed by atoms with Crippen LogP contribution >= 0.6 is 12.2 Å². The highest BCUT2D eigenvalue weighted by Gasteiger charge is 2.32. The quantitative estimate of drug-likeness (QED) is 0.787. The lowest BCUT2D eigenvalue weighted by molar-refractivity contribution is -0.130. The van der Waals surface area contributed by atoms with E-state index in [9.17, 15) is 9.90 Å². The average molecular weight is 264 g/mol. The van der Waals surface area contributed by atoms with Gasteiger partial charge in [0.05, 0.1) is 11.1 Å². The van der Waals surface area contributed by atoms with Gasteiger partial charge in [0.15, 0.2) is 0 Å². The lowest BCUT2D eigenvalue weighted by atomic mass is 9.98. The van der Waals surface area contributed by atoms with Crippen LogP contribution in [0.4, 0.5) is 0 Å². The van der Waals surface area contributed by atoms with E-state index in [1.54, 1.807) is 4.90 Å². The van der Waals surface area contributed by atoms with Gasteiger partial charge >= 0.3 is 0 Å². The minimum absolute atomic E-state index is 0.120. The van der Waals surface area contributed by atoms with E-state index in [0.717, 1.165) is 5.56 Å². The Kier molecular flexibility index (Phi) is 3.93. The number of nitrogens with zero attached hydrogens (tertiary/aromatic N) is 1. The highest BCUT2D eigenvalue weighted by molar-refractivity contribution is 7.80. The first-order valence-electron chi connectivity index (χ1n) is 5.90. The van der Waals surface area contributed by atoms with E-state index >= 15 is 0 Å². The number of thiocarbonyl (C=S) groups is 1. The topological polar surface area (TPSA) is 66.6 Å². The summed E-state index contributed by atoms with van der Waals surface area (Å²) in [5, 5.41) is 9.48. The molecule has 1 aliphatic heterocycles. The van der Waals surface area contributed by atoms with Crippen molar-refractivity contribution < 1.29 is 9.90 Å². The molecular weight excluding hydrogens is 248 g/mol. The molecule has 2 rings (SSSR count). The predicted octanol–water partition coefficient (Wildman–Crippen LogP) is 0.649. The summed E-state index contributed by atoms with van der Waals surface area (Å²) in [7, 11) is 0. The lowest BCUT2D eigenvalue weighted by Crippen LogP contribution is -2.39. The van der Waals surface area contributed by atoms with Crippen LogP contribution in [0.25, 0.3) is 0 Å². The monoisotopic (exact) mass is 264 g/mol. The van der Waals surface area contributed by atoms with Crippen LogP contribution < -0.4 is 5.73 Å². The Labute approximate surface area is 111 Å². The molecule has 0 aliphatic carbocycles. The normalized spacial score (nSPS) is 20.7. The van der Waals surface area contributed by atoms with Crippen molar-refractivity contribution in [1.82, 2.24) is 4.90 Å². The van der Waals surface area contributed by atoms with Crippen molar-refractivity contribution in [2.75, 3.05) is 13.1 Å². The Morgan fingerprint density at radius 2 is 2.11 bits per heavy atom. The molecule has 4 nitrogen and oxygen atoms in total. The van der Waals surface area contributed by atoms with E-state index in [4.69, 9.17) is 18.0 Å². The highest BCUT2D eigenvalue weighted by atomic mass is 32.1. The standard InChI is InChI=1S/C13H16N2O2S/c14-12(18)11(9-4-2-1-3-5-9)13(17)15-7-6-10(16)8-15/h1-5,10-11,16H,6-8H2,(H2,14,18).